The van der Waals surface area contributed by atoms with Crippen LogP contribution in [-0.4, -0.2) is 75.9 Å². The first-order valence-corrected chi connectivity index (χ1v) is 16.0. The Hall–Kier alpha value is -2.97. The Balaban J connectivity index is 1.68. The molecule has 3 aromatic rings. The summed E-state index contributed by atoms with van der Waals surface area (Å²) in [4.78, 5) is 15.3. The van der Waals surface area contributed by atoms with Crippen molar-refractivity contribution in [2.45, 2.75) is 35.1 Å². The third kappa shape index (κ3) is 6.28. The molecule has 2 heterocycles. The second-order valence-corrected chi connectivity index (χ2v) is 14.4. The Morgan fingerprint density at radius 1 is 1.13 bits per heavy atom. The second-order valence-electron chi connectivity index (χ2n) is 9.47. The van der Waals surface area contributed by atoms with E-state index in [0.717, 1.165) is 11.3 Å². The van der Waals surface area contributed by atoms with Gasteiger partial charge in [0.05, 0.1) is 29.7 Å². The molecular formula is C26H31N3O7S3. The van der Waals surface area contributed by atoms with Gasteiger partial charge >= 0.3 is 0 Å². The number of carbonyl (C=O) groups excluding carboxylic acids is 1. The summed E-state index contributed by atoms with van der Waals surface area (Å²) in [6.07, 6.45) is -0.651. The third-order valence-electron chi connectivity index (χ3n) is 6.57. The number of hydrogen-bond acceptors (Lipinski definition) is 8. The van der Waals surface area contributed by atoms with Crippen molar-refractivity contribution in [1.82, 2.24) is 9.21 Å². The average Bonchev–Trinajstić information content (AvgIpc) is 3.47. The molecule has 0 fully saturated rings. The minimum absolute atomic E-state index is 0.000128. The summed E-state index contributed by atoms with van der Waals surface area (Å²) in [6.45, 7) is 3.46. The van der Waals surface area contributed by atoms with Crippen molar-refractivity contribution in [3.05, 3.63) is 71.6 Å². The molecule has 1 aliphatic heterocycles. The van der Waals surface area contributed by atoms with Gasteiger partial charge in [-0.25, -0.2) is 16.8 Å². The summed E-state index contributed by atoms with van der Waals surface area (Å²) in [5, 5.41) is 11.5. The molecule has 10 nitrogen and oxygen atoms in total. The number of sulfonamides is 2. The molecule has 39 heavy (non-hydrogen) atoms. The minimum Gasteiger partial charge on any atom is -0.488 e. The molecule has 0 saturated carbocycles. The fraction of sp³-hybridized carbons (Fsp3) is 0.346. The minimum atomic E-state index is -3.85. The van der Waals surface area contributed by atoms with E-state index in [0.29, 0.717) is 0 Å². The van der Waals surface area contributed by atoms with Crippen molar-refractivity contribution in [2.75, 3.05) is 31.5 Å². The van der Waals surface area contributed by atoms with E-state index in [4.69, 9.17) is 4.74 Å². The molecule has 1 aliphatic rings. The topological polar surface area (TPSA) is 133 Å². The molecular weight excluding hydrogens is 563 g/mol. The molecule has 2 N–H and O–H groups in total. The summed E-state index contributed by atoms with van der Waals surface area (Å²) in [5.74, 6) is -0.544. The number of carbonyl (C=O) groups is 1. The highest BCUT2D eigenvalue weighted by Crippen LogP contribution is 2.32. The Bertz CT molecular complexity index is 1510. The quantitative estimate of drug-likeness (QED) is 0.390. The number of benzene rings is 2. The molecule has 1 aromatic heterocycles. The zero-order chi connectivity index (χ0) is 28.4. The molecule has 0 radical (unpaired) electrons. The Labute approximate surface area is 232 Å². The first-order valence-electron chi connectivity index (χ1n) is 12.2. The van der Waals surface area contributed by atoms with Gasteiger partial charge < -0.3 is 14.7 Å². The van der Waals surface area contributed by atoms with Gasteiger partial charge in [0.1, 0.15) is 16.1 Å². The first kappa shape index (κ1) is 29.0. The fourth-order valence-electron chi connectivity index (χ4n) is 4.25. The number of nitrogens with zero attached hydrogens (tertiary/aromatic N) is 2. The molecule has 2 aromatic carbocycles. The van der Waals surface area contributed by atoms with E-state index >= 15 is 0 Å². The number of hydrogen-bond donors (Lipinski definition) is 2. The zero-order valence-electron chi connectivity index (χ0n) is 21.7. The van der Waals surface area contributed by atoms with Crippen LogP contribution in [0.2, 0.25) is 0 Å². The van der Waals surface area contributed by atoms with Crippen molar-refractivity contribution in [2.24, 2.45) is 5.92 Å². The van der Waals surface area contributed by atoms with Gasteiger partial charge in [0.2, 0.25) is 10.0 Å². The molecule has 0 bridgehead atoms. The van der Waals surface area contributed by atoms with Crippen LogP contribution in [0.5, 0.6) is 5.75 Å². The van der Waals surface area contributed by atoms with Crippen molar-refractivity contribution < 1.29 is 31.5 Å². The van der Waals surface area contributed by atoms with E-state index in [1.165, 1.54) is 52.7 Å². The number of aliphatic hydroxyl groups is 1. The summed E-state index contributed by atoms with van der Waals surface area (Å²) in [5.41, 5.74) is 0.275. The maximum atomic E-state index is 13.6. The van der Waals surface area contributed by atoms with Gasteiger partial charge in [-0.05, 0) is 48.7 Å². The van der Waals surface area contributed by atoms with Crippen LogP contribution in [-0.2, 0) is 20.0 Å². The predicted molar refractivity (Wildman–Crippen MR) is 149 cm³/mol. The smallest absolute Gasteiger partial charge is 0.271 e. The average molecular weight is 594 g/mol. The number of fused-ring (bicyclic) bond motifs is 1. The van der Waals surface area contributed by atoms with Crippen LogP contribution >= 0.6 is 11.3 Å². The standard InChI is InChI=1S/C26H31N3O7S3/c1-18-15-29(19(2)17-30)26(31)22-14-20(27-38(32,33)25-10-7-13-37-25)11-12-23(22)36-24(18)16-28(3)39(34,35)21-8-5-4-6-9-21/h4-14,18-19,24,27,30H,15-17H2,1-3H3/t18-,19-,24+/m0/s1. The molecule has 3 atom stereocenters. The molecule has 13 heteroatoms. The van der Waals surface area contributed by atoms with Gasteiger partial charge in [-0.15, -0.1) is 11.3 Å². The lowest BCUT2D eigenvalue weighted by Crippen LogP contribution is -2.50. The number of rotatable bonds is 9. The number of thiophene rings is 1. The summed E-state index contributed by atoms with van der Waals surface area (Å²) in [6, 6.07) is 15.0. The molecule has 0 saturated heterocycles. The lowest BCUT2D eigenvalue weighted by atomic mass is 9.99. The van der Waals surface area contributed by atoms with Crippen LogP contribution in [0.4, 0.5) is 5.69 Å². The van der Waals surface area contributed by atoms with E-state index in [1.54, 1.807) is 36.6 Å². The highest BCUT2D eigenvalue weighted by atomic mass is 32.2. The van der Waals surface area contributed by atoms with Crippen LogP contribution in [0, 0.1) is 5.92 Å². The van der Waals surface area contributed by atoms with Gasteiger partial charge in [0, 0.05) is 25.2 Å². The maximum absolute atomic E-state index is 13.6. The van der Waals surface area contributed by atoms with E-state index in [-0.39, 0.29) is 51.7 Å². The number of ether oxygens (including phenoxy) is 1. The Kier molecular flexibility index (Phi) is 8.66. The zero-order valence-corrected chi connectivity index (χ0v) is 24.2. The van der Waals surface area contributed by atoms with Gasteiger partial charge in [0.15, 0.2) is 0 Å². The van der Waals surface area contributed by atoms with Crippen molar-refractivity contribution in [1.29, 1.82) is 0 Å². The number of amides is 1. The predicted octanol–water partition coefficient (Wildman–Crippen LogP) is 3.09. The number of aliphatic hydroxyl groups excluding tert-OH is 1. The van der Waals surface area contributed by atoms with Crippen molar-refractivity contribution >= 4 is 43.0 Å². The first-order chi connectivity index (χ1) is 18.4. The molecule has 0 aliphatic carbocycles. The normalized spacial score (nSPS) is 19.1. The SMILES string of the molecule is C[C@H]1CN([C@@H](C)CO)C(=O)c2cc(NS(=O)(=O)c3cccs3)ccc2O[C@@H]1CN(C)S(=O)(=O)c1ccccc1. The largest absolute Gasteiger partial charge is 0.488 e. The van der Waals surface area contributed by atoms with Gasteiger partial charge in [-0.2, -0.15) is 4.31 Å². The fourth-order valence-corrected chi connectivity index (χ4v) is 7.50. The number of nitrogens with one attached hydrogen (secondary N) is 1. The van der Waals surface area contributed by atoms with Gasteiger partial charge in [-0.1, -0.05) is 31.2 Å². The monoisotopic (exact) mass is 593 g/mol. The molecule has 210 valence electrons. The number of anilines is 1. The molecule has 0 unspecified atom stereocenters. The maximum Gasteiger partial charge on any atom is 0.271 e. The van der Waals surface area contributed by atoms with Crippen LogP contribution < -0.4 is 9.46 Å². The highest BCUT2D eigenvalue weighted by Gasteiger charge is 2.35. The van der Waals surface area contributed by atoms with Crippen LogP contribution in [0.15, 0.2) is 75.1 Å². The van der Waals surface area contributed by atoms with E-state index in [1.807, 2.05) is 6.92 Å². The van der Waals surface area contributed by atoms with Gasteiger partial charge in [-0.3, -0.25) is 9.52 Å². The van der Waals surface area contributed by atoms with Crippen molar-refractivity contribution in [3.63, 3.8) is 0 Å². The van der Waals surface area contributed by atoms with E-state index in [9.17, 15) is 26.7 Å². The van der Waals surface area contributed by atoms with Gasteiger partial charge in [0.25, 0.3) is 15.9 Å². The van der Waals surface area contributed by atoms with Crippen molar-refractivity contribution in [3.8, 4) is 5.75 Å². The summed E-state index contributed by atoms with van der Waals surface area (Å²) >= 11 is 1.07. The molecule has 1 amide bonds. The van der Waals surface area contributed by atoms with Crippen LogP contribution in [0.25, 0.3) is 0 Å². The van der Waals surface area contributed by atoms with E-state index < -0.39 is 38.1 Å². The highest BCUT2D eigenvalue weighted by molar-refractivity contribution is 7.94. The van der Waals surface area contributed by atoms with Crippen LogP contribution in [0.3, 0.4) is 0 Å². The Morgan fingerprint density at radius 2 is 1.85 bits per heavy atom. The lowest BCUT2D eigenvalue weighted by Gasteiger charge is -2.38. The van der Waals surface area contributed by atoms with E-state index in [2.05, 4.69) is 4.72 Å². The molecule has 0 spiro atoms. The summed E-state index contributed by atoms with van der Waals surface area (Å²) < 4.78 is 61.9. The lowest BCUT2D eigenvalue weighted by molar-refractivity contribution is 0.0387. The van der Waals surface area contributed by atoms with Crippen LogP contribution in [0.1, 0.15) is 24.2 Å². The number of likely N-dealkylation sites (N-methyl/N-ethyl adjacent to an activating group) is 1. The summed E-state index contributed by atoms with van der Waals surface area (Å²) in [7, 11) is -6.18. The molecule has 4 rings (SSSR count). The Morgan fingerprint density at radius 3 is 2.49 bits per heavy atom. The second kappa shape index (κ2) is 11.6. The third-order valence-corrected chi connectivity index (χ3v) is 11.2.